The molecular formula is C21H26BrN5O2. The third kappa shape index (κ3) is 4.22. The monoisotopic (exact) mass is 459 g/mol. The molecule has 8 heteroatoms. The van der Waals surface area contributed by atoms with Crippen molar-refractivity contribution in [2.24, 2.45) is 5.41 Å². The van der Waals surface area contributed by atoms with E-state index >= 15 is 0 Å². The fraction of sp³-hybridized carbons (Fsp3) is 0.524. The number of hydrogen-bond acceptors (Lipinski definition) is 6. The molecule has 2 aromatic rings. The summed E-state index contributed by atoms with van der Waals surface area (Å²) in [5.41, 5.74) is 1.96. The van der Waals surface area contributed by atoms with E-state index in [4.69, 9.17) is 4.74 Å². The first-order chi connectivity index (χ1) is 13.8. The Balaban J connectivity index is 1.54. The van der Waals surface area contributed by atoms with Gasteiger partial charge in [0, 0.05) is 18.5 Å². The molecule has 1 aromatic carbocycles. The smallest absolute Gasteiger partial charge is 0.408 e. The van der Waals surface area contributed by atoms with Gasteiger partial charge in [0.05, 0.1) is 12.2 Å². The van der Waals surface area contributed by atoms with E-state index in [0.717, 1.165) is 32.4 Å². The lowest BCUT2D eigenvalue weighted by atomic mass is 9.73. The summed E-state index contributed by atoms with van der Waals surface area (Å²) in [4.78, 5) is 19.1. The zero-order chi connectivity index (χ0) is 20.6. The summed E-state index contributed by atoms with van der Waals surface area (Å²) in [5.74, 6) is 0.648. The van der Waals surface area contributed by atoms with Gasteiger partial charge < -0.3 is 15.0 Å². The topological polar surface area (TPSA) is 80.2 Å². The van der Waals surface area contributed by atoms with Gasteiger partial charge in [0.2, 0.25) is 5.95 Å². The van der Waals surface area contributed by atoms with Crippen molar-refractivity contribution in [1.82, 2.24) is 20.5 Å². The molecule has 154 valence electrons. The van der Waals surface area contributed by atoms with Gasteiger partial charge in [-0.1, -0.05) is 24.3 Å². The number of hydrogen-bond donors (Lipinski definition) is 1. The number of alkyl carbamates (subject to hydrolysis) is 1. The summed E-state index contributed by atoms with van der Waals surface area (Å²) in [5, 5.41) is 11.4. The molecular weight excluding hydrogens is 434 g/mol. The number of anilines is 1. The van der Waals surface area contributed by atoms with Crippen LogP contribution in [-0.4, -0.2) is 40.0 Å². The van der Waals surface area contributed by atoms with Crippen molar-refractivity contribution in [2.75, 3.05) is 18.0 Å². The highest BCUT2D eigenvalue weighted by atomic mass is 79.9. The quantitative estimate of drug-likeness (QED) is 0.729. The first-order valence-electron chi connectivity index (χ1n) is 9.93. The molecule has 1 aliphatic carbocycles. The summed E-state index contributed by atoms with van der Waals surface area (Å²) in [7, 11) is 0. The van der Waals surface area contributed by atoms with Crippen LogP contribution in [0.25, 0.3) is 0 Å². The van der Waals surface area contributed by atoms with Crippen LogP contribution in [0, 0.1) is 5.41 Å². The molecule has 2 heterocycles. The lowest BCUT2D eigenvalue weighted by molar-refractivity contribution is 0.0428. The zero-order valence-corrected chi connectivity index (χ0v) is 18.6. The van der Waals surface area contributed by atoms with Crippen molar-refractivity contribution < 1.29 is 9.53 Å². The molecule has 0 saturated carbocycles. The van der Waals surface area contributed by atoms with Crippen LogP contribution >= 0.6 is 15.9 Å². The maximum absolute atomic E-state index is 12.6. The molecule has 7 nitrogen and oxygen atoms in total. The van der Waals surface area contributed by atoms with Gasteiger partial charge >= 0.3 is 6.09 Å². The normalized spacial score (nSPS) is 20.4. The van der Waals surface area contributed by atoms with Crippen molar-refractivity contribution in [1.29, 1.82) is 0 Å². The van der Waals surface area contributed by atoms with Crippen molar-refractivity contribution in [3.63, 3.8) is 0 Å². The maximum Gasteiger partial charge on any atom is 0.408 e. The molecule has 1 atom stereocenters. The first-order valence-corrected chi connectivity index (χ1v) is 10.7. The molecule has 1 spiro atoms. The fourth-order valence-electron chi connectivity index (χ4n) is 4.46. The predicted octanol–water partition coefficient (Wildman–Crippen LogP) is 4.04. The van der Waals surface area contributed by atoms with Gasteiger partial charge in [-0.25, -0.2) is 9.78 Å². The Kier molecular flexibility index (Phi) is 5.23. The number of rotatable bonds is 2. The number of halogens is 1. The second kappa shape index (κ2) is 7.55. The van der Waals surface area contributed by atoms with E-state index in [0.29, 0.717) is 10.6 Å². The van der Waals surface area contributed by atoms with Gasteiger partial charge in [0.15, 0.2) is 0 Å². The number of fused-ring (bicyclic) bond motifs is 1. The summed E-state index contributed by atoms with van der Waals surface area (Å²) in [6, 6.07) is 8.35. The van der Waals surface area contributed by atoms with E-state index in [2.05, 4.69) is 59.5 Å². The van der Waals surface area contributed by atoms with E-state index in [1.807, 2.05) is 26.8 Å². The number of carbonyl (C=O) groups excluding carboxylic acids is 1. The van der Waals surface area contributed by atoms with E-state index in [1.54, 1.807) is 6.20 Å². The molecule has 0 unspecified atom stereocenters. The largest absolute Gasteiger partial charge is 0.444 e. The fourth-order valence-corrected chi connectivity index (χ4v) is 4.64. The second-order valence-corrected chi connectivity index (χ2v) is 9.70. The summed E-state index contributed by atoms with van der Waals surface area (Å²) in [6.07, 6.45) is 4.13. The Hall–Kier alpha value is -2.22. The van der Waals surface area contributed by atoms with Crippen molar-refractivity contribution >= 4 is 28.0 Å². The van der Waals surface area contributed by atoms with Crippen LogP contribution in [0.3, 0.4) is 0 Å². The van der Waals surface area contributed by atoms with Crippen LogP contribution in [0.5, 0.6) is 0 Å². The molecule has 1 fully saturated rings. The van der Waals surface area contributed by atoms with Crippen LogP contribution in [0.15, 0.2) is 35.1 Å². The average Bonchev–Trinajstić information content (AvgIpc) is 2.95. The summed E-state index contributed by atoms with van der Waals surface area (Å²) in [6.45, 7) is 7.30. The first kappa shape index (κ1) is 20.1. The Labute approximate surface area is 179 Å². The minimum absolute atomic E-state index is 0.0279. The van der Waals surface area contributed by atoms with Crippen molar-refractivity contribution in [3.05, 3.63) is 46.2 Å². The molecule has 29 heavy (non-hydrogen) atoms. The highest BCUT2D eigenvalue weighted by Crippen LogP contribution is 2.52. The van der Waals surface area contributed by atoms with Crippen LogP contribution < -0.4 is 10.2 Å². The molecule has 1 aromatic heterocycles. The number of nitrogens with zero attached hydrogens (tertiary/aromatic N) is 4. The van der Waals surface area contributed by atoms with Crippen LogP contribution in [0.1, 0.15) is 50.8 Å². The van der Waals surface area contributed by atoms with Crippen LogP contribution in [0.2, 0.25) is 0 Å². The lowest BCUT2D eigenvalue weighted by Gasteiger charge is -2.43. The minimum atomic E-state index is -0.523. The van der Waals surface area contributed by atoms with Crippen molar-refractivity contribution in [2.45, 2.75) is 51.7 Å². The van der Waals surface area contributed by atoms with Gasteiger partial charge in [-0.3, -0.25) is 0 Å². The Morgan fingerprint density at radius 2 is 1.97 bits per heavy atom. The summed E-state index contributed by atoms with van der Waals surface area (Å²) >= 11 is 3.28. The number of aromatic nitrogens is 3. The Bertz CT molecular complexity index is 889. The molecule has 2 aliphatic rings. The SMILES string of the molecule is CC(C)(C)OC(=O)N[C@@H]1c2ccccc2CC12CCN(c1ncc(Br)nn1)CC2. The van der Waals surface area contributed by atoms with Crippen LogP contribution in [-0.2, 0) is 11.2 Å². The Morgan fingerprint density at radius 3 is 2.62 bits per heavy atom. The van der Waals surface area contributed by atoms with Gasteiger partial charge in [-0.05, 0) is 67.1 Å². The lowest BCUT2D eigenvalue weighted by Crippen LogP contribution is -2.48. The Morgan fingerprint density at radius 1 is 1.24 bits per heavy atom. The molecule has 1 N–H and O–H groups in total. The highest BCUT2D eigenvalue weighted by molar-refractivity contribution is 9.10. The number of piperidine rings is 1. The summed E-state index contributed by atoms with van der Waals surface area (Å²) < 4.78 is 6.18. The molecule has 1 amide bonds. The molecule has 1 saturated heterocycles. The number of carbonyl (C=O) groups is 1. The van der Waals surface area contributed by atoms with E-state index in [9.17, 15) is 4.79 Å². The van der Waals surface area contributed by atoms with Crippen molar-refractivity contribution in [3.8, 4) is 0 Å². The molecule has 4 rings (SSSR count). The third-order valence-electron chi connectivity index (χ3n) is 5.75. The number of ether oxygens (including phenoxy) is 1. The minimum Gasteiger partial charge on any atom is -0.444 e. The second-order valence-electron chi connectivity index (χ2n) is 8.89. The molecule has 0 bridgehead atoms. The number of benzene rings is 1. The highest BCUT2D eigenvalue weighted by Gasteiger charge is 2.48. The van der Waals surface area contributed by atoms with Crippen LogP contribution in [0.4, 0.5) is 10.7 Å². The van der Waals surface area contributed by atoms with E-state index < -0.39 is 5.60 Å². The van der Waals surface area contributed by atoms with Gasteiger partial charge in [0.25, 0.3) is 0 Å². The standard InChI is InChI=1S/C21H26BrN5O2/c1-20(2,3)29-19(28)24-17-15-7-5-4-6-14(15)12-21(17)8-10-27(11-9-21)18-23-13-16(22)25-26-18/h4-7,13,17H,8-12H2,1-3H3,(H,24,28)/t17-/m1/s1. The van der Waals surface area contributed by atoms with E-state index in [-0.39, 0.29) is 17.6 Å². The third-order valence-corrected chi connectivity index (χ3v) is 6.11. The average molecular weight is 460 g/mol. The predicted molar refractivity (Wildman–Crippen MR) is 114 cm³/mol. The number of amides is 1. The zero-order valence-electron chi connectivity index (χ0n) is 17.0. The molecule has 0 radical (unpaired) electrons. The molecule has 1 aliphatic heterocycles. The maximum atomic E-state index is 12.6. The van der Waals surface area contributed by atoms with Gasteiger partial charge in [-0.15, -0.1) is 10.2 Å². The number of nitrogens with one attached hydrogen (secondary N) is 1. The van der Waals surface area contributed by atoms with Gasteiger partial charge in [0.1, 0.15) is 10.2 Å². The van der Waals surface area contributed by atoms with Gasteiger partial charge in [-0.2, -0.15) is 0 Å². The van der Waals surface area contributed by atoms with E-state index in [1.165, 1.54) is 11.1 Å².